The zero-order valence-electron chi connectivity index (χ0n) is 9.12. The highest BCUT2D eigenvalue weighted by atomic mass is 79.9. The number of aryl methyl sites for hydroxylation is 1. The second-order valence-corrected chi connectivity index (χ2v) is 8.23. The Morgan fingerprint density at radius 1 is 1.38 bits per heavy atom. The molecule has 0 amide bonds. The molecule has 16 heavy (non-hydrogen) atoms. The number of hydrogen-bond acceptors (Lipinski definition) is 1. The molecule has 0 aliphatic heterocycles. The van der Waals surface area contributed by atoms with Gasteiger partial charge in [0.25, 0.3) is 0 Å². The Balaban J connectivity index is 2.25. The molecule has 2 rings (SSSR count). The van der Waals surface area contributed by atoms with Gasteiger partial charge in [-0.2, -0.15) is 0 Å². The summed E-state index contributed by atoms with van der Waals surface area (Å²) in [6.45, 7) is 2.14. The van der Waals surface area contributed by atoms with Crippen molar-refractivity contribution in [2.75, 3.05) is 0 Å². The van der Waals surface area contributed by atoms with E-state index in [1.54, 1.807) is 0 Å². The third-order valence-corrected chi connectivity index (χ3v) is 4.95. The average Bonchev–Trinajstić information content (AvgIpc) is 2.27. The lowest BCUT2D eigenvalue weighted by atomic mass is 9.70. The number of rotatable bonds is 3. The van der Waals surface area contributed by atoms with Crippen LogP contribution in [-0.4, -0.2) is 9.52 Å². The lowest BCUT2D eigenvalue weighted by molar-refractivity contribution is -0.113. The molecule has 0 heterocycles. The molecule has 1 aliphatic rings. The van der Waals surface area contributed by atoms with Crippen LogP contribution in [0.3, 0.4) is 0 Å². The van der Waals surface area contributed by atoms with Crippen molar-refractivity contribution in [2.24, 2.45) is 5.92 Å². The molecule has 0 radical (unpaired) electrons. The Labute approximate surface area is 113 Å². The van der Waals surface area contributed by atoms with Gasteiger partial charge in [-0.3, -0.25) is 0 Å². The highest BCUT2D eigenvalue weighted by molar-refractivity contribution is 9.25. The average molecular weight is 346 g/mol. The van der Waals surface area contributed by atoms with Gasteiger partial charge in [-0.25, -0.2) is 0 Å². The van der Waals surface area contributed by atoms with Crippen LogP contribution >= 0.6 is 31.9 Å². The molecular weight excluding hydrogens is 332 g/mol. The summed E-state index contributed by atoms with van der Waals surface area (Å²) in [6, 6.07) is 8.56. The maximum absolute atomic E-state index is 10.9. The summed E-state index contributed by atoms with van der Waals surface area (Å²) in [5.41, 5.74) is 2.56. The minimum absolute atomic E-state index is 0.0979. The Hall–Kier alpha value is -0.150. The Bertz CT molecular complexity index is 383. The summed E-state index contributed by atoms with van der Waals surface area (Å²) in [5, 5.41) is 0. The number of halogens is 2. The summed E-state index contributed by atoms with van der Waals surface area (Å²) in [6.07, 6.45) is 2.98. The first kappa shape index (κ1) is 12.3. The minimum atomic E-state index is -0.0979. The first-order chi connectivity index (χ1) is 7.58. The summed E-state index contributed by atoms with van der Waals surface area (Å²) in [7, 11) is 0. The number of carbonyl (C=O) groups is 1. The SMILES string of the molecule is CCc1ccc(C2C(C=O)CC2(Br)Br)cc1. The Kier molecular flexibility index (Phi) is 3.55. The van der Waals surface area contributed by atoms with Crippen molar-refractivity contribution in [1.82, 2.24) is 0 Å². The van der Waals surface area contributed by atoms with Gasteiger partial charge in [-0.15, -0.1) is 0 Å². The van der Waals surface area contributed by atoms with E-state index in [2.05, 4.69) is 63.0 Å². The largest absolute Gasteiger partial charge is 0.303 e. The van der Waals surface area contributed by atoms with Gasteiger partial charge in [-0.1, -0.05) is 63.0 Å². The molecule has 1 fully saturated rings. The molecule has 3 heteroatoms. The van der Waals surface area contributed by atoms with E-state index in [-0.39, 0.29) is 15.1 Å². The van der Waals surface area contributed by atoms with E-state index in [0.717, 1.165) is 19.1 Å². The fourth-order valence-electron chi connectivity index (χ4n) is 2.29. The number of alkyl halides is 2. The van der Waals surface area contributed by atoms with Crippen LogP contribution in [0.5, 0.6) is 0 Å². The first-order valence-corrected chi connectivity index (χ1v) is 7.09. The van der Waals surface area contributed by atoms with E-state index in [1.165, 1.54) is 11.1 Å². The summed E-state index contributed by atoms with van der Waals surface area (Å²) < 4.78 is -0.0979. The molecule has 0 bridgehead atoms. The zero-order chi connectivity index (χ0) is 11.8. The predicted octanol–water partition coefficient (Wildman–Crippen LogP) is 4.04. The van der Waals surface area contributed by atoms with Crippen LogP contribution < -0.4 is 0 Å². The van der Waals surface area contributed by atoms with Crippen LogP contribution in [0.4, 0.5) is 0 Å². The maximum atomic E-state index is 10.9. The number of aldehydes is 1. The van der Waals surface area contributed by atoms with E-state index >= 15 is 0 Å². The highest BCUT2D eigenvalue weighted by Gasteiger charge is 2.51. The minimum Gasteiger partial charge on any atom is -0.303 e. The van der Waals surface area contributed by atoms with Gasteiger partial charge in [0.15, 0.2) is 0 Å². The van der Waals surface area contributed by atoms with Gasteiger partial charge in [0.1, 0.15) is 6.29 Å². The maximum Gasteiger partial charge on any atom is 0.123 e. The van der Waals surface area contributed by atoms with Gasteiger partial charge in [0.05, 0.1) is 3.23 Å². The van der Waals surface area contributed by atoms with Crippen LogP contribution in [0, 0.1) is 5.92 Å². The van der Waals surface area contributed by atoms with Crippen molar-refractivity contribution in [3.05, 3.63) is 35.4 Å². The third-order valence-electron chi connectivity index (χ3n) is 3.31. The van der Waals surface area contributed by atoms with Crippen molar-refractivity contribution in [2.45, 2.75) is 28.9 Å². The van der Waals surface area contributed by atoms with E-state index < -0.39 is 0 Å². The fraction of sp³-hybridized carbons (Fsp3) is 0.462. The van der Waals surface area contributed by atoms with Crippen LogP contribution in [0.2, 0.25) is 0 Å². The standard InChI is InChI=1S/C13H14Br2O/c1-2-9-3-5-10(6-4-9)12-11(8-16)7-13(12,14)15/h3-6,8,11-12H,2,7H2,1H3. The van der Waals surface area contributed by atoms with E-state index in [9.17, 15) is 4.79 Å². The Morgan fingerprint density at radius 2 is 2.00 bits per heavy atom. The molecule has 86 valence electrons. The van der Waals surface area contributed by atoms with Gasteiger partial charge in [0, 0.05) is 11.8 Å². The first-order valence-electron chi connectivity index (χ1n) is 5.50. The van der Waals surface area contributed by atoms with Crippen LogP contribution in [0.15, 0.2) is 24.3 Å². The van der Waals surface area contributed by atoms with Crippen LogP contribution in [-0.2, 0) is 11.2 Å². The predicted molar refractivity (Wildman–Crippen MR) is 73.3 cm³/mol. The van der Waals surface area contributed by atoms with Crippen molar-refractivity contribution in [1.29, 1.82) is 0 Å². The molecule has 1 nitrogen and oxygen atoms in total. The lowest BCUT2D eigenvalue weighted by Gasteiger charge is -2.46. The van der Waals surface area contributed by atoms with Crippen molar-refractivity contribution in [3.63, 3.8) is 0 Å². The molecule has 0 spiro atoms. The second kappa shape index (κ2) is 4.61. The summed E-state index contributed by atoms with van der Waals surface area (Å²) in [5.74, 6) is 0.377. The van der Waals surface area contributed by atoms with Gasteiger partial charge < -0.3 is 4.79 Å². The van der Waals surface area contributed by atoms with Crippen LogP contribution in [0.1, 0.15) is 30.4 Å². The molecule has 1 aromatic rings. The lowest BCUT2D eigenvalue weighted by Crippen LogP contribution is -2.43. The number of hydrogen-bond donors (Lipinski definition) is 0. The van der Waals surface area contributed by atoms with Crippen LogP contribution in [0.25, 0.3) is 0 Å². The van der Waals surface area contributed by atoms with Crippen molar-refractivity contribution >= 4 is 38.1 Å². The number of benzene rings is 1. The monoisotopic (exact) mass is 344 g/mol. The molecule has 0 aromatic heterocycles. The normalized spacial score (nSPS) is 27.2. The van der Waals surface area contributed by atoms with Crippen molar-refractivity contribution < 1.29 is 4.79 Å². The zero-order valence-corrected chi connectivity index (χ0v) is 12.3. The molecule has 0 saturated heterocycles. The molecule has 1 aromatic carbocycles. The molecule has 2 atom stereocenters. The molecular formula is C13H14Br2O. The quantitative estimate of drug-likeness (QED) is 0.597. The molecule has 2 unspecified atom stereocenters. The van der Waals surface area contributed by atoms with E-state index in [1.807, 2.05) is 0 Å². The highest BCUT2D eigenvalue weighted by Crippen LogP contribution is 2.58. The van der Waals surface area contributed by atoms with Gasteiger partial charge in [-0.05, 0) is 24.0 Å². The smallest absolute Gasteiger partial charge is 0.123 e. The summed E-state index contributed by atoms with van der Waals surface area (Å²) in [4.78, 5) is 10.9. The van der Waals surface area contributed by atoms with Gasteiger partial charge >= 0.3 is 0 Å². The molecule has 0 N–H and O–H groups in total. The molecule has 1 aliphatic carbocycles. The van der Waals surface area contributed by atoms with Crippen molar-refractivity contribution in [3.8, 4) is 0 Å². The number of carbonyl (C=O) groups excluding carboxylic acids is 1. The van der Waals surface area contributed by atoms with E-state index in [0.29, 0.717) is 0 Å². The van der Waals surface area contributed by atoms with Gasteiger partial charge in [0.2, 0.25) is 0 Å². The van der Waals surface area contributed by atoms with E-state index in [4.69, 9.17) is 0 Å². The Morgan fingerprint density at radius 3 is 2.44 bits per heavy atom. The topological polar surface area (TPSA) is 17.1 Å². The second-order valence-electron chi connectivity index (χ2n) is 4.34. The third kappa shape index (κ3) is 2.12. The summed E-state index contributed by atoms with van der Waals surface area (Å²) >= 11 is 7.28. The molecule has 1 saturated carbocycles. The fourth-order valence-corrected chi connectivity index (χ4v) is 4.25.